The Morgan fingerprint density at radius 2 is 1.68 bits per heavy atom. The van der Waals surface area contributed by atoms with Crippen LogP contribution < -0.4 is 9.64 Å². The van der Waals surface area contributed by atoms with Crippen molar-refractivity contribution in [3.8, 4) is 5.75 Å². The Bertz CT molecular complexity index is 908. The van der Waals surface area contributed by atoms with Gasteiger partial charge in [-0.2, -0.15) is 13.2 Å². The molecule has 7 heteroatoms. The summed E-state index contributed by atoms with van der Waals surface area (Å²) in [6.45, 7) is 1.87. The summed E-state index contributed by atoms with van der Waals surface area (Å²) in [7, 11) is 3.22. The maximum atomic E-state index is 13.2. The van der Waals surface area contributed by atoms with Crippen molar-refractivity contribution in [3.63, 3.8) is 0 Å². The Kier molecular flexibility index (Phi) is 4.24. The van der Waals surface area contributed by atoms with Crippen LogP contribution in [0.3, 0.4) is 0 Å². The number of aromatic nitrogens is 2. The van der Waals surface area contributed by atoms with Crippen LogP contribution in [0.5, 0.6) is 5.75 Å². The number of aryl methyl sites for hydroxylation is 1. The molecule has 0 aliphatic rings. The van der Waals surface area contributed by atoms with Crippen molar-refractivity contribution in [3.05, 3.63) is 53.9 Å². The largest absolute Gasteiger partial charge is 0.497 e. The number of hydrogen-bond acceptors (Lipinski definition) is 4. The smallest absolute Gasteiger partial charge is 0.451 e. The second kappa shape index (κ2) is 6.23. The molecule has 3 rings (SSSR count). The van der Waals surface area contributed by atoms with Gasteiger partial charge < -0.3 is 9.64 Å². The van der Waals surface area contributed by atoms with Crippen molar-refractivity contribution in [1.82, 2.24) is 9.97 Å². The summed E-state index contributed by atoms with van der Waals surface area (Å²) in [5, 5.41) is 0.561. The van der Waals surface area contributed by atoms with Gasteiger partial charge in [-0.15, -0.1) is 0 Å². The van der Waals surface area contributed by atoms with E-state index in [-0.39, 0.29) is 11.3 Å². The minimum absolute atomic E-state index is 0.200. The molecule has 0 saturated carbocycles. The number of alkyl halides is 3. The molecule has 0 radical (unpaired) electrons. The summed E-state index contributed by atoms with van der Waals surface area (Å²) in [5.74, 6) is -0.290. The maximum Gasteiger partial charge on any atom is 0.451 e. The van der Waals surface area contributed by atoms with E-state index in [1.54, 1.807) is 61.5 Å². The summed E-state index contributed by atoms with van der Waals surface area (Å²) >= 11 is 0. The van der Waals surface area contributed by atoms with Gasteiger partial charge in [0.25, 0.3) is 0 Å². The van der Waals surface area contributed by atoms with E-state index >= 15 is 0 Å². The van der Waals surface area contributed by atoms with Gasteiger partial charge in [-0.1, -0.05) is 11.6 Å². The highest BCUT2D eigenvalue weighted by Crippen LogP contribution is 2.34. The number of methoxy groups -OCH3 is 1. The molecule has 4 nitrogen and oxygen atoms in total. The van der Waals surface area contributed by atoms with Gasteiger partial charge in [0.1, 0.15) is 11.6 Å². The van der Waals surface area contributed by atoms with E-state index in [0.29, 0.717) is 16.8 Å². The molecule has 0 bridgehead atoms. The van der Waals surface area contributed by atoms with E-state index in [1.807, 2.05) is 6.92 Å². The van der Waals surface area contributed by atoms with Gasteiger partial charge in [0.05, 0.1) is 12.6 Å². The molecule has 0 aliphatic heterocycles. The van der Waals surface area contributed by atoms with Crippen molar-refractivity contribution in [2.24, 2.45) is 0 Å². The van der Waals surface area contributed by atoms with Gasteiger partial charge in [-0.25, -0.2) is 9.97 Å². The lowest BCUT2D eigenvalue weighted by atomic mass is 10.1. The van der Waals surface area contributed by atoms with Crippen LogP contribution >= 0.6 is 0 Å². The zero-order chi connectivity index (χ0) is 18.2. The van der Waals surface area contributed by atoms with E-state index < -0.39 is 12.0 Å². The zero-order valence-corrected chi connectivity index (χ0v) is 13.9. The van der Waals surface area contributed by atoms with Gasteiger partial charge in [0.2, 0.25) is 5.82 Å². The van der Waals surface area contributed by atoms with E-state index in [0.717, 1.165) is 5.56 Å². The number of halogens is 3. The fourth-order valence-electron chi connectivity index (χ4n) is 2.54. The lowest BCUT2D eigenvalue weighted by Gasteiger charge is -2.21. The molecule has 1 heterocycles. The third-order valence-electron chi connectivity index (χ3n) is 3.86. The lowest BCUT2D eigenvalue weighted by Crippen LogP contribution is -2.17. The molecule has 0 spiro atoms. The Hall–Kier alpha value is -2.83. The topological polar surface area (TPSA) is 38.2 Å². The fraction of sp³-hybridized carbons (Fsp3) is 0.222. The van der Waals surface area contributed by atoms with Crippen LogP contribution in [0.25, 0.3) is 10.9 Å². The molecule has 0 aliphatic carbocycles. The second-order valence-corrected chi connectivity index (χ2v) is 5.65. The quantitative estimate of drug-likeness (QED) is 0.686. The third kappa shape index (κ3) is 3.35. The highest BCUT2D eigenvalue weighted by Gasteiger charge is 2.36. The van der Waals surface area contributed by atoms with E-state index in [4.69, 9.17) is 4.74 Å². The molecular formula is C18H16F3N3O. The first-order valence-corrected chi connectivity index (χ1v) is 7.53. The Balaban J connectivity index is 2.19. The number of ether oxygens (including phenoxy) is 1. The zero-order valence-electron chi connectivity index (χ0n) is 13.9. The summed E-state index contributed by atoms with van der Waals surface area (Å²) in [6, 6.07) is 12.1. The number of fused-ring (bicyclic) bond motifs is 1. The fourth-order valence-corrected chi connectivity index (χ4v) is 2.54. The number of hydrogen-bond donors (Lipinski definition) is 0. The molecule has 1 aromatic heterocycles. The van der Waals surface area contributed by atoms with Crippen LogP contribution in [-0.4, -0.2) is 24.1 Å². The normalized spacial score (nSPS) is 11.6. The number of rotatable bonds is 3. The van der Waals surface area contributed by atoms with Crippen molar-refractivity contribution >= 4 is 22.4 Å². The van der Waals surface area contributed by atoms with Crippen LogP contribution in [0.4, 0.5) is 24.7 Å². The maximum absolute atomic E-state index is 13.2. The SMILES string of the molecule is COc1ccc(N(C)c2nc(C(F)(F)F)nc3ccc(C)cc23)cc1. The molecule has 0 fully saturated rings. The number of nitrogens with zero attached hydrogens (tertiary/aromatic N) is 3. The van der Waals surface area contributed by atoms with Gasteiger partial charge >= 0.3 is 6.18 Å². The second-order valence-electron chi connectivity index (χ2n) is 5.65. The van der Waals surface area contributed by atoms with E-state index in [1.165, 1.54) is 0 Å². The van der Waals surface area contributed by atoms with Gasteiger partial charge in [-0.05, 0) is 43.3 Å². The van der Waals surface area contributed by atoms with Crippen LogP contribution in [0, 0.1) is 6.92 Å². The first-order valence-electron chi connectivity index (χ1n) is 7.53. The summed E-state index contributed by atoms with van der Waals surface area (Å²) in [5.41, 5.74) is 1.86. The van der Waals surface area contributed by atoms with Gasteiger partial charge in [-0.3, -0.25) is 0 Å². The lowest BCUT2D eigenvalue weighted by molar-refractivity contribution is -0.144. The monoisotopic (exact) mass is 347 g/mol. The molecule has 2 aromatic carbocycles. The van der Waals surface area contributed by atoms with Crippen molar-refractivity contribution in [2.45, 2.75) is 13.1 Å². The van der Waals surface area contributed by atoms with Gasteiger partial charge in [0.15, 0.2) is 0 Å². The molecule has 0 N–H and O–H groups in total. The first kappa shape index (κ1) is 17.0. The highest BCUT2D eigenvalue weighted by molar-refractivity contribution is 5.92. The van der Waals surface area contributed by atoms with Crippen LogP contribution in [-0.2, 0) is 6.18 Å². The molecule has 0 saturated heterocycles. The standard InChI is InChI=1S/C18H16F3N3O/c1-11-4-9-15-14(10-11)16(23-17(22-15)18(19,20)21)24(2)12-5-7-13(25-3)8-6-12/h4-10H,1-3H3. The number of anilines is 2. The number of benzene rings is 2. The van der Waals surface area contributed by atoms with Crippen molar-refractivity contribution in [1.29, 1.82) is 0 Å². The minimum atomic E-state index is -4.62. The molecule has 0 unspecified atom stereocenters. The molecule has 25 heavy (non-hydrogen) atoms. The molecule has 3 aromatic rings. The van der Waals surface area contributed by atoms with Crippen molar-refractivity contribution < 1.29 is 17.9 Å². The molecule has 130 valence electrons. The highest BCUT2D eigenvalue weighted by atomic mass is 19.4. The summed E-state index contributed by atoms with van der Waals surface area (Å²) in [6.07, 6.45) is -4.62. The molecular weight excluding hydrogens is 331 g/mol. The van der Waals surface area contributed by atoms with Crippen molar-refractivity contribution in [2.75, 3.05) is 19.1 Å². The summed E-state index contributed by atoms with van der Waals surface area (Å²) < 4.78 is 44.7. The Morgan fingerprint density at radius 3 is 2.28 bits per heavy atom. The predicted octanol–water partition coefficient (Wildman–Crippen LogP) is 4.73. The average Bonchev–Trinajstić information content (AvgIpc) is 2.59. The molecule has 0 atom stereocenters. The third-order valence-corrected chi connectivity index (χ3v) is 3.86. The van der Waals surface area contributed by atoms with E-state index in [2.05, 4.69) is 9.97 Å². The Labute approximate surface area is 142 Å². The minimum Gasteiger partial charge on any atom is -0.497 e. The van der Waals surface area contributed by atoms with E-state index in [9.17, 15) is 13.2 Å². The van der Waals surface area contributed by atoms with Crippen LogP contribution in [0.15, 0.2) is 42.5 Å². The summed E-state index contributed by atoms with van der Waals surface area (Å²) in [4.78, 5) is 9.07. The Morgan fingerprint density at radius 1 is 1.00 bits per heavy atom. The average molecular weight is 347 g/mol. The first-order chi connectivity index (χ1) is 11.8. The van der Waals surface area contributed by atoms with Crippen LogP contribution in [0.1, 0.15) is 11.4 Å². The van der Waals surface area contributed by atoms with Crippen LogP contribution in [0.2, 0.25) is 0 Å². The molecule has 0 amide bonds. The van der Waals surface area contributed by atoms with Gasteiger partial charge in [0, 0.05) is 18.1 Å². The predicted molar refractivity (Wildman–Crippen MR) is 90.3 cm³/mol.